The van der Waals surface area contributed by atoms with Gasteiger partial charge in [-0.1, -0.05) is 36.2 Å². The third-order valence-electron chi connectivity index (χ3n) is 3.48. The molecule has 1 N–H and O–H groups in total. The maximum absolute atomic E-state index is 10.8. The van der Waals surface area contributed by atoms with Gasteiger partial charge < -0.3 is 9.67 Å². The molecule has 0 saturated heterocycles. The van der Waals surface area contributed by atoms with Crippen LogP contribution in [0.1, 0.15) is 31.7 Å². The van der Waals surface area contributed by atoms with Crippen LogP contribution in [0, 0.1) is 0 Å². The molecule has 5 nitrogen and oxygen atoms in total. The number of hydrogen-bond donors (Lipinski definition) is 1. The predicted octanol–water partition coefficient (Wildman–Crippen LogP) is 3.38. The lowest BCUT2D eigenvalue weighted by Crippen LogP contribution is -2.08. The molecular weight excluding hydrogens is 298 g/mol. The van der Waals surface area contributed by atoms with Gasteiger partial charge in [-0.3, -0.25) is 4.79 Å². The average molecular weight is 312 g/mol. The maximum atomic E-state index is 10.8. The summed E-state index contributed by atoms with van der Waals surface area (Å²) in [7, 11) is 0. The van der Waals surface area contributed by atoms with Gasteiger partial charge in [0.1, 0.15) is 5.52 Å². The number of halogens is 1. The summed E-state index contributed by atoms with van der Waals surface area (Å²) in [4.78, 5) is 19.7. The Kier molecular flexibility index (Phi) is 3.85. The highest BCUT2D eigenvalue weighted by Gasteiger charge is 2.24. The van der Waals surface area contributed by atoms with Crippen LogP contribution in [0.2, 0.25) is 5.02 Å². The van der Waals surface area contributed by atoms with Crippen molar-refractivity contribution >= 4 is 40.5 Å². The van der Waals surface area contributed by atoms with Gasteiger partial charge in [0.2, 0.25) is 0 Å². The van der Waals surface area contributed by atoms with Crippen molar-refractivity contribution in [3.05, 3.63) is 17.3 Å². The number of imidazole rings is 1. The number of carboxylic acids is 1. The first kappa shape index (κ1) is 13.7. The Bertz CT molecular complexity index is 652. The van der Waals surface area contributed by atoms with Crippen LogP contribution in [-0.4, -0.2) is 31.4 Å². The van der Waals surface area contributed by atoms with Gasteiger partial charge in [-0.2, -0.15) is 0 Å². The smallest absolute Gasteiger partial charge is 0.313 e. The number of rotatable bonds is 4. The summed E-state index contributed by atoms with van der Waals surface area (Å²) in [5, 5.41) is 10.1. The monoisotopic (exact) mass is 311 g/mol. The summed E-state index contributed by atoms with van der Waals surface area (Å²) in [5.41, 5.74) is 1.53. The minimum atomic E-state index is -0.842. The molecule has 0 radical (unpaired) electrons. The van der Waals surface area contributed by atoms with Gasteiger partial charge >= 0.3 is 5.97 Å². The zero-order valence-electron chi connectivity index (χ0n) is 10.8. The quantitative estimate of drug-likeness (QED) is 0.877. The number of aromatic nitrogens is 3. The van der Waals surface area contributed by atoms with E-state index in [0.717, 1.165) is 29.2 Å². The standard InChI is InChI=1S/C13H14ClN3O2S/c14-8-5-10-12(15-6-8)17(9-3-1-2-4-9)13(16-10)20-7-11(18)19/h5-6,9H,1-4,7H2,(H,18,19). The van der Waals surface area contributed by atoms with E-state index in [9.17, 15) is 4.79 Å². The largest absolute Gasteiger partial charge is 0.481 e. The minimum absolute atomic E-state index is 0.00374. The van der Waals surface area contributed by atoms with E-state index in [-0.39, 0.29) is 5.75 Å². The van der Waals surface area contributed by atoms with Crippen LogP contribution in [-0.2, 0) is 4.79 Å². The van der Waals surface area contributed by atoms with Gasteiger partial charge in [0.15, 0.2) is 10.8 Å². The minimum Gasteiger partial charge on any atom is -0.481 e. The van der Waals surface area contributed by atoms with E-state index in [1.807, 2.05) is 0 Å². The lowest BCUT2D eigenvalue weighted by molar-refractivity contribution is -0.133. The van der Waals surface area contributed by atoms with Crippen LogP contribution >= 0.6 is 23.4 Å². The van der Waals surface area contributed by atoms with Gasteiger partial charge in [0.05, 0.1) is 10.8 Å². The van der Waals surface area contributed by atoms with Crippen LogP contribution in [0.15, 0.2) is 17.4 Å². The molecule has 1 saturated carbocycles. The molecule has 3 rings (SSSR count). The van der Waals surface area contributed by atoms with Crippen molar-refractivity contribution in [2.45, 2.75) is 36.9 Å². The molecule has 7 heteroatoms. The van der Waals surface area contributed by atoms with Gasteiger partial charge in [0.25, 0.3) is 0 Å². The highest BCUT2D eigenvalue weighted by Crippen LogP contribution is 2.36. The van der Waals surface area contributed by atoms with Crippen LogP contribution in [0.5, 0.6) is 0 Å². The van der Waals surface area contributed by atoms with E-state index in [4.69, 9.17) is 16.7 Å². The molecule has 2 aromatic rings. The summed E-state index contributed by atoms with van der Waals surface area (Å²) in [6.07, 6.45) is 6.19. The number of nitrogens with zero attached hydrogens (tertiary/aromatic N) is 3. The van der Waals surface area contributed by atoms with Crippen molar-refractivity contribution in [1.29, 1.82) is 0 Å². The molecule has 0 unspecified atom stereocenters. The van der Waals surface area contributed by atoms with Crippen molar-refractivity contribution in [2.75, 3.05) is 5.75 Å². The second-order valence-corrected chi connectivity index (χ2v) is 6.26. The number of aliphatic carboxylic acids is 1. The number of fused-ring (bicyclic) bond motifs is 1. The molecule has 0 atom stereocenters. The fourth-order valence-electron chi connectivity index (χ4n) is 2.66. The van der Waals surface area contributed by atoms with Crippen molar-refractivity contribution < 1.29 is 9.90 Å². The van der Waals surface area contributed by atoms with Gasteiger partial charge in [-0.05, 0) is 18.9 Å². The van der Waals surface area contributed by atoms with Crippen LogP contribution < -0.4 is 0 Å². The number of thioether (sulfide) groups is 1. The molecule has 20 heavy (non-hydrogen) atoms. The van der Waals surface area contributed by atoms with E-state index in [2.05, 4.69) is 14.5 Å². The van der Waals surface area contributed by atoms with E-state index in [1.54, 1.807) is 12.3 Å². The molecule has 2 heterocycles. The average Bonchev–Trinajstić information content (AvgIpc) is 3.01. The summed E-state index contributed by atoms with van der Waals surface area (Å²) >= 11 is 7.20. The fraction of sp³-hybridized carbons (Fsp3) is 0.462. The van der Waals surface area contributed by atoms with Crippen LogP contribution in [0.3, 0.4) is 0 Å². The van der Waals surface area contributed by atoms with Crippen molar-refractivity contribution in [2.24, 2.45) is 0 Å². The normalized spacial score (nSPS) is 16.1. The highest BCUT2D eigenvalue weighted by atomic mass is 35.5. The first-order valence-corrected chi connectivity index (χ1v) is 7.89. The van der Waals surface area contributed by atoms with Crippen molar-refractivity contribution in [3.8, 4) is 0 Å². The molecule has 0 spiro atoms. The first-order valence-electron chi connectivity index (χ1n) is 6.53. The first-order chi connectivity index (χ1) is 9.65. The Labute approximate surface area is 125 Å². The molecule has 1 aliphatic rings. The molecule has 1 aliphatic carbocycles. The molecule has 0 bridgehead atoms. The molecule has 1 fully saturated rings. The number of hydrogen-bond acceptors (Lipinski definition) is 4. The second-order valence-electron chi connectivity index (χ2n) is 4.88. The number of pyridine rings is 1. The van der Waals surface area contributed by atoms with Crippen LogP contribution in [0.4, 0.5) is 0 Å². The zero-order valence-corrected chi connectivity index (χ0v) is 12.3. The van der Waals surface area contributed by atoms with E-state index in [0.29, 0.717) is 11.1 Å². The molecule has 0 aliphatic heterocycles. The topological polar surface area (TPSA) is 68.0 Å². The SMILES string of the molecule is O=C(O)CSc1nc2cc(Cl)cnc2n1C1CCCC1. The molecule has 0 aromatic carbocycles. The van der Waals surface area contributed by atoms with E-state index >= 15 is 0 Å². The Morgan fingerprint density at radius 2 is 2.25 bits per heavy atom. The predicted molar refractivity (Wildman–Crippen MR) is 78.4 cm³/mol. The summed E-state index contributed by atoms with van der Waals surface area (Å²) < 4.78 is 2.09. The third-order valence-corrected chi connectivity index (χ3v) is 4.62. The van der Waals surface area contributed by atoms with Gasteiger partial charge in [-0.15, -0.1) is 0 Å². The van der Waals surface area contributed by atoms with Crippen molar-refractivity contribution in [3.63, 3.8) is 0 Å². The van der Waals surface area contributed by atoms with Gasteiger partial charge in [-0.25, -0.2) is 9.97 Å². The molecule has 2 aromatic heterocycles. The Hall–Kier alpha value is -1.27. The Morgan fingerprint density at radius 1 is 1.50 bits per heavy atom. The van der Waals surface area contributed by atoms with E-state index < -0.39 is 5.97 Å². The second kappa shape index (κ2) is 5.61. The van der Waals surface area contributed by atoms with Crippen molar-refractivity contribution in [1.82, 2.24) is 14.5 Å². The molecule has 0 amide bonds. The Morgan fingerprint density at radius 3 is 2.95 bits per heavy atom. The Balaban J connectivity index is 2.05. The van der Waals surface area contributed by atoms with E-state index in [1.165, 1.54) is 24.6 Å². The third kappa shape index (κ3) is 2.62. The summed E-state index contributed by atoms with van der Waals surface area (Å²) in [5.74, 6) is -0.838. The summed E-state index contributed by atoms with van der Waals surface area (Å²) in [6.45, 7) is 0. The van der Waals surface area contributed by atoms with Gasteiger partial charge in [0, 0.05) is 12.2 Å². The summed E-state index contributed by atoms with van der Waals surface area (Å²) in [6, 6.07) is 2.14. The molecule has 106 valence electrons. The highest BCUT2D eigenvalue weighted by molar-refractivity contribution is 7.99. The fourth-order valence-corrected chi connectivity index (χ4v) is 3.60. The number of carboxylic acid groups (broad SMARTS) is 1. The zero-order chi connectivity index (χ0) is 14.1. The number of carbonyl (C=O) groups is 1. The molecular formula is C13H14ClN3O2S. The lowest BCUT2D eigenvalue weighted by Gasteiger charge is -2.14. The maximum Gasteiger partial charge on any atom is 0.313 e. The lowest BCUT2D eigenvalue weighted by atomic mass is 10.2. The van der Waals surface area contributed by atoms with Crippen LogP contribution in [0.25, 0.3) is 11.2 Å².